The molecule has 27 heavy (non-hydrogen) atoms. The molecule has 0 N–H and O–H groups in total. The molecule has 1 unspecified atom stereocenters. The monoisotopic (exact) mass is 489 g/mol. The Kier molecular flexibility index (Phi) is 4.52. The van der Waals surface area contributed by atoms with Crippen LogP contribution in [0.25, 0.3) is 5.57 Å². The zero-order chi connectivity index (χ0) is 19.3. The summed E-state index contributed by atoms with van der Waals surface area (Å²) in [4.78, 5) is 35.3. The molecule has 0 saturated heterocycles. The van der Waals surface area contributed by atoms with Crippen molar-refractivity contribution in [1.82, 2.24) is 0 Å². The molecule has 0 spiro atoms. The lowest BCUT2D eigenvalue weighted by Crippen LogP contribution is -2.43. The van der Waals surface area contributed by atoms with Gasteiger partial charge in [-0.2, -0.15) is 0 Å². The number of aromatic carboxylic acids is 1. The minimum atomic E-state index is -1.30. The molecule has 3 atom stereocenters. The molecule has 0 bridgehead atoms. The third-order valence-electron chi connectivity index (χ3n) is 4.76. The molecule has 5 nitrogen and oxygen atoms in total. The number of ether oxygens (including phenoxy) is 1. The maximum absolute atomic E-state index is 12.1. The molecule has 1 aliphatic heterocycles. The summed E-state index contributed by atoms with van der Waals surface area (Å²) in [5, 5.41) is 11.7. The maximum Gasteiger partial charge on any atom is 0.196 e. The Morgan fingerprint density at radius 1 is 1.11 bits per heavy atom. The lowest BCUT2D eigenvalue weighted by Gasteiger charge is -2.40. The van der Waals surface area contributed by atoms with E-state index in [1.165, 1.54) is 18.2 Å². The molecule has 0 saturated carbocycles. The van der Waals surface area contributed by atoms with Gasteiger partial charge in [-0.1, -0.05) is 46.3 Å². The first kappa shape index (κ1) is 18.1. The van der Waals surface area contributed by atoms with E-state index in [0.29, 0.717) is 22.5 Å². The average molecular weight is 491 g/mol. The zero-order valence-electron chi connectivity index (χ0n) is 13.6. The van der Waals surface area contributed by atoms with Gasteiger partial charge in [0.25, 0.3) is 0 Å². The number of fused-ring (bicyclic) bond motifs is 2. The van der Waals surface area contributed by atoms with E-state index in [-0.39, 0.29) is 27.5 Å². The van der Waals surface area contributed by atoms with Gasteiger partial charge in [0.1, 0.15) is 21.2 Å². The number of halogens is 2. The average Bonchev–Trinajstić information content (AvgIpc) is 2.66. The van der Waals surface area contributed by atoms with Gasteiger partial charge in [-0.15, -0.1) is 0 Å². The summed E-state index contributed by atoms with van der Waals surface area (Å²) in [6, 6.07) is 6.53. The summed E-state index contributed by atoms with van der Waals surface area (Å²) >= 11 is 6.64. The highest BCUT2D eigenvalue weighted by Crippen LogP contribution is 2.47. The largest absolute Gasteiger partial charge is 0.545 e. The summed E-state index contributed by atoms with van der Waals surface area (Å²) in [7, 11) is 0. The van der Waals surface area contributed by atoms with Crippen LogP contribution >= 0.6 is 31.9 Å². The second-order valence-corrected chi connectivity index (χ2v) is 8.05. The van der Waals surface area contributed by atoms with Crippen LogP contribution in [-0.2, 0) is 14.3 Å². The number of carbonyl (C=O) groups is 3. The number of ketones is 2. The van der Waals surface area contributed by atoms with E-state index in [4.69, 9.17) is 4.74 Å². The predicted molar refractivity (Wildman–Crippen MR) is 103 cm³/mol. The van der Waals surface area contributed by atoms with Gasteiger partial charge in [0, 0.05) is 17.1 Å². The highest BCUT2D eigenvalue weighted by Gasteiger charge is 2.44. The highest BCUT2D eigenvalue weighted by molar-refractivity contribution is 9.12. The molecule has 2 aliphatic carbocycles. The van der Waals surface area contributed by atoms with E-state index < -0.39 is 16.9 Å². The SMILES string of the molecule is O=C1C=CC2=C(c3ccccc3C(=O)[O-])[C@@H]3C=CC(=O)C(Br)[C@H]3OC2=C1Br. The summed E-state index contributed by atoms with van der Waals surface area (Å²) < 4.78 is 6.27. The molecule has 1 heterocycles. The van der Waals surface area contributed by atoms with Crippen molar-refractivity contribution in [3.05, 3.63) is 75.5 Å². The molecule has 4 rings (SSSR count). The van der Waals surface area contributed by atoms with Crippen LogP contribution in [0.4, 0.5) is 0 Å². The van der Waals surface area contributed by atoms with Crippen molar-refractivity contribution in [2.75, 3.05) is 0 Å². The number of benzene rings is 1. The molecular weight excluding hydrogens is 480 g/mol. The summed E-state index contributed by atoms with van der Waals surface area (Å²) in [6.07, 6.45) is 5.59. The summed E-state index contributed by atoms with van der Waals surface area (Å²) in [6.45, 7) is 0. The molecule has 0 aromatic heterocycles. The molecule has 3 aliphatic rings. The molecule has 7 heteroatoms. The smallest absolute Gasteiger partial charge is 0.196 e. The van der Waals surface area contributed by atoms with Gasteiger partial charge in [0.15, 0.2) is 11.6 Å². The number of carboxylic acid groups (broad SMARTS) is 1. The van der Waals surface area contributed by atoms with Crippen LogP contribution in [0.15, 0.2) is 64.4 Å². The maximum atomic E-state index is 12.1. The predicted octanol–water partition coefficient (Wildman–Crippen LogP) is 2.47. The van der Waals surface area contributed by atoms with Gasteiger partial charge in [-0.3, -0.25) is 9.59 Å². The van der Waals surface area contributed by atoms with E-state index in [2.05, 4.69) is 31.9 Å². The minimum absolute atomic E-state index is 0.0397. The quantitative estimate of drug-likeness (QED) is 0.594. The van der Waals surface area contributed by atoms with Crippen LogP contribution in [0.3, 0.4) is 0 Å². The lowest BCUT2D eigenvalue weighted by atomic mass is 9.76. The Balaban J connectivity index is 2.04. The number of hydrogen-bond donors (Lipinski definition) is 0. The Morgan fingerprint density at radius 3 is 2.59 bits per heavy atom. The van der Waals surface area contributed by atoms with Crippen molar-refractivity contribution >= 4 is 55.0 Å². The molecule has 1 aromatic rings. The number of rotatable bonds is 2. The fourth-order valence-corrected chi connectivity index (χ4v) is 4.57. The first-order valence-corrected chi connectivity index (χ1v) is 9.81. The second-order valence-electron chi connectivity index (χ2n) is 6.27. The molecule has 0 radical (unpaired) electrons. The third kappa shape index (κ3) is 2.85. The molecule has 0 fully saturated rings. The first-order chi connectivity index (χ1) is 12.9. The normalized spacial score (nSPS) is 26.7. The molecule has 136 valence electrons. The van der Waals surface area contributed by atoms with Crippen molar-refractivity contribution in [2.45, 2.75) is 10.9 Å². The van der Waals surface area contributed by atoms with Crippen molar-refractivity contribution in [1.29, 1.82) is 0 Å². The van der Waals surface area contributed by atoms with Crippen LogP contribution in [0.5, 0.6) is 0 Å². The first-order valence-electron chi connectivity index (χ1n) is 8.10. The number of alkyl halides is 1. The third-order valence-corrected chi connectivity index (χ3v) is 6.48. The fraction of sp³-hybridized carbons (Fsp3) is 0.150. The van der Waals surface area contributed by atoms with Gasteiger partial charge < -0.3 is 14.6 Å². The van der Waals surface area contributed by atoms with E-state index >= 15 is 0 Å². The van der Waals surface area contributed by atoms with Crippen LogP contribution in [0, 0.1) is 5.92 Å². The van der Waals surface area contributed by atoms with Gasteiger partial charge in [-0.25, -0.2) is 0 Å². The van der Waals surface area contributed by atoms with E-state index in [1.54, 1.807) is 30.4 Å². The van der Waals surface area contributed by atoms with Gasteiger partial charge >= 0.3 is 0 Å². The Morgan fingerprint density at radius 2 is 1.85 bits per heavy atom. The number of hydrogen-bond acceptors (Lipinski definition) is 5. The van der Waals surface area contributed by atoms with Gasteiger partial charge in [0.05, 0.1) is 5.97 Å². The molecular formula is C20H11Br2O5-. The standard InChI is InChI=1S/C20H12Br2O5/c21-16-13(23)7-5-11-15(9-3-1-2-4-10(9)20(25)26)12-6-8-14(24)17(22)19(12)27-18(11)16/h1-8,11,16,18H,(H,25,26)/p-1/t11-,16?,18-/m0/s1. The van der Waals surface area contributed by atoms with E-state index in [1.807, 2.05) is 0 Å². The lowest BCUT2D eigenvalue weighted by molar-refractivity contribution is -0.255. The fourth-order valence-electron chi connectivity index (χ4n) is 3.54. The summed E-state index contributed by atoms with van der Waals surface area (Å²) in [5.74, 6) is -1.78. The molecule has 0 amide bonds. The minimum Gasteiger partial charge on any atom is -0.545 e. The van der Waals surface area contributed by atoms with Gasteiger partial charge in [-0.05, 0) is 45.3 Å². The van der Waals surface area contributed by atoms with Crippen LogP contribution in [-0.4, -0.2) is 28.5 Å². The topological polar surface area (TPSA) is 83.5 Å². The highest BCUT2D eigenvalue weighted by atomic mass is 79.9. The van der Waals surface area contributed by atoms with E-state index in [9.17, 15) is 19.5 Å². The second kappa shape index (κ2) is 6.73. The number of carbonyl (C=O) groups excluding carboxylic acids is 3. The van der Waals surface area contributed by atoms with E-state index in [0.717, 1.165) is 0 Å². The Labute approximate surface area is 171 Å². The van der Waals surface area contributed by atoms with Crippen molar-refractivity contribution in [2.24, 2.45) is 5.92 Å². The number of allylic oxidation sites excluding steroid dienone is 4. The van der Waals surface area contributed by atoms with Crippen LogP contribution in [0.1, 0.15) is 15.9 Å². The van der Waals surface area contributed by atoms with Crippen molar-refractivity contribution < 1.29 is 24.2 Å². The molecule has 1 aromatic carbocycles. The van der Waals surface area contributed by atoms with Crippen molar-refractivity contribution in [3.63, 3.8) is 0 Å². The van der Waals surface area contributed by atoms with Crippen molar-refractivity contribution in [3.8, 4) is 0 Å². The summed E-state index contributed by atoms with van der Waals surface area (Å²) in [5.41, 5.74) is 1.80. The number of carboxylic acids is 1. The van der Waals surface area contributed by atoms with Gasteiger partial charge in [0.2, 0.25) is 0 Å². The van der Waals surface area contributed by atoms with Crippen LogP contribution < -0.4 is 5.11 Å². The Bertz CT molecular complexity index is 1010. The Hall–Kier alpha value is -2.25. The zero-order valence-corrected chi connectivity index (χ0v) is 16.8. The van der Waals surface area contributed by atoms with Crippen LogP contribution in [0.2, 0.25) is 0 Å².